The van der Waals surface area contributed by atoms with Crippen LogP contribution in [0, 0.1) is 36.0 Å². The van der Waals surface area contributed by atoms with E-state index in [0.29, 0.717) is 6.42 Å². The largest absolute Gasteiger partial charge is 0.384 e. The minimum atomic E-state index is -0.727. The van der Waals surface area contributed by atoms with Crippen LogP contribution >= 0.6 is 0 Å². The van der Waals surface area contributed by atoms with E-state index in [4.69, 9.17) is 11.5 Å². The van der Waals surface area contributed by atoms with Crippen molar-refractivity contribution >= 4 is 0 Å². The third kappa shape index (κ3) is 26.3. The maximum atomic E-state index is 9.70. The Hall–Kier alpha value is -1.96. The van der Waals surface area contributed by atoms with Crippen LogP contribution in [0.25, 0.3) is 0 Å². The molecule has 3 N–H and O–H groups in total. The van der Waals surface area contributed by atoms with Gasteiger partial charge in [0.15, 0.2) is 0 Å². The van der Waals surface area contributed by atoms with E-state index in [1.54, 1.807) is 6.08 Å². The quantitative estimate of drug-likeness (QED) is 0.103. The summed E-state index contributed by atoms with van der Waals surface area (Å²) >= 11 is 0. The third-order valence-corrected chi connectivity index (χ3v) is 5.71. The number of terminal acetylenes is 1. The standard InChI is InChI=1S/C31H48O3/c1-2-30(33)26-22-19-17-15-13-11-9-7-5-3-4-6-8-10-12-14-16-18-20-23-27-31(34)28-24-21-25-29-32/h1,6,8,22,26,30-34H,3-5,7,9-20,23,27,29H2/b8-6-,26-22+/t30-,31+/m0/s1. The minimum absolute atomic E-state index is 0.190. The fourth-order valence-electron chi connectivity index (χ4n) is 3.68. The van der Waals surface area contributed by atoms with E-state index in [2.05, 4.69) is 41.8 Å². The van der Waals surface area contributed by atoms with Crippen LogP contribution in [0.5, 0.6) is 0 Å². The first-order valence-corrected chi connectivity index (χ1v) is 13.4. The van der Waals surface area contributed by atoms with Gasteiger partial charge in [-0.15, -0.1) is 6.42 Å². The fourth-order valence-corrected chi connectivity index (χ4v) is 3.68. The third-order valence-electron chi connectivity index (χ3n) is 5.71. The molecule has 0 aromatic carbocycles. The van der Waals surface area contributed by atoms with Crippen LogP contribution in [0.1, 0.15) is 116 Å². The first-order valence-electron chi connectivity index (χ1n) is 13.4. The molecule has 0 aromatic rings. The van der Waals surface area contributed by atoms with Crippen LogP contribution in [0.3, 0.4) is 0 Å². The summed E-state index contributed by atoms with van der Waals surface area (Å²) in [5.41, 5.74) is 0. The van der Waals surface area contributed by atoms with Gasteiger partial charge >= 0.3 is 0 Å². The molecule has 0 aliphatic rings. The number of rotatable bonds is 21. The van der Waals surface area contributed by atoms with Gasteiger partial charge in [-0.25, -0.2) is 0 Å². The Balaban J connectivity index is 3.28. The minimum Gasteiger partial charge on any atom is -0.384 e. The van der Waals surface area contributed by atoms with Gasteiger partial charge in [-0.1, -0.05) is 100 Å². The summed E-state index contributed by atoms with van der Waals surface area (Å²) in [5, 5.41) is 27.4. The molecule has 0 aliphatic heterocycles. The van der Waals surface area contributed by atoms with E-state index in [0.717, 1.165) is 19.3 Å². The highest BCUT2D eigenvalue weighted by molar-refractivity contribution is 5.27. The molecule has 0 rings (SSSR count). The molecule has 0 radical (unpaired) electrons. The van der Waals surface area contributed by atoms with Crippen LogP contribution in [0.4, 0.5) is 0 Å². The fraction of sp³-hybridized carbons (Fsp3) is 0.677. The zero-order valence-corrected chi connectivity index (χ0v) is 21.3. The zero-order chi connectivity index (χ0) is 25.0. The molecule has 3 nitrogen and oxygen atoms in total. The molecule has 190 valence electrons. The van der Waals surface area contributed by atoms with Gasteiger partial charge in [0.05, 0.1) is 0 Å². The molecule has 0 aromatic heterocycles. The van der Waals surface area contributed by atoms with Crippen LogP contribution in [0.15, 0.2) is 24.3 Å². The summed E-state index contributed by atoms with van der Waals surface area (Å²) < 4.78 is 0. The van der Waals surface area contributed by atoms with Gasteiger partial charge in [-0.2, -0.15) is 0 Å². The van der Waals surface area contributed by atoms with E-state index in [1.165, 1.54) is 89.9 Å². The van der Waals surface area contributed by atoms with E-state index < -0.39 is 12.2 Å². The molecule has 2 atom stereocenters. The maximum Gasteiger partial charge on any atom is 0.133 e. The van der Waals surface area contributed by atoms with Gasteiger partial charge < -0.3 is 15.3 Å². The molecule has 3 heteroatoms. The normalized spacial score (nSPS) is 12.6. The number of hydrogen-bond donors (Lipinski definition) is 3. The summed E-state index contributed by atoms with van der Waals surface area (Å²) in [4.78, 5) is 0. The van der Waals surface area contributed by atoms with Gasteiger partial charge in [0.25, 0.3) is 0 Å². The van der Waals surface area contributed by atoms with E-state index >= 15 is 0 Å². The van der Waals surface area contributed by atoms with Crippen LogP contribution in [-0.2, 0) is 0 Å². The predicted octanol–water partition coefficient (Wildman–Crippen LogP) is 6.47. The molecule has 0 saturated heterocycles. The van der Waals surface area contributed by atoms with Crippen molar-refractivity contribution in [1.29, 1.82) is 0 Å². The average Bonchev–Trinajstić information content (AvgIpc) is 2.84. The summed E-state index contributed by atoms with van der Waals surface area (Å²) in [6, 6.07) is 0. The van der Waals surface area contributed by atoms with Crippen LogP contribution < -0.4 is 0 Å². The van der Waals surface area contributed by atoms with Gasteiger partial charge in [-0.05, 0) is 69.3 Å². The molecule has 0 amide bonds. The average molecular weight is 469 g/mol. The maximum absolute atomic E-state index is 9.70. The number of unbranched alkanes of at least 4 members (excludes halogenated alkanes) is 15. The smallest absolute Gasteiger partial charge is 0.133 e. The Morgan fingerprint density at radius 3 is 1.59 bits per heavy atom. The molecule has 0 fully saturated rings. The van der Waals surface area contributed by atoms with Gasteiger partial charge in [0.1, 0.15) is 18.8 Å². The number of aliphatic hydroxyl groups is 3. The highest BCUT2D eigenvalue weighted by Gasteiger charge is 1.98. The van der Waals surface area contributed by atoms with E-state index in [9.17, 15) is 10.2 Å². The van der Waals surface area contributed by atoms with Gasteiger partial charge in [-0.3, -0.25) is 0 Å². The molecule has 34 heavy (non-hydrogen) atoms. The Morgan fingerprint density at radius 2 is 1.09 bits per heavy atom. The van der Waals surface area contributed by atoms with Crippen molar-refractivity contribution in [1.82, 2.24) is 0 Å². The van der Waals surface area contributed by atoms with Crippen LogP contribution in [-0.4, -0.2) is 34.1 Å². The molecule has 0 aliphatic carbocycles. The van der Waals surface area contributed by atoms with Gasteiger partial charge in [0.2, 0.25) is 0 Å². The second kappa shape index (κ2) is 27.3. The van der Waals surface area contributed by atoms with Crippen molar-refractivity contribution in [2.75, 3.05) is 6.61 Å². The lowest BCUT2D eigenvalue weighted by Gasteiger charge is -2.03. The first-order chi connectivity index (χ1) is 16.7. The summed E-state index contributed by atoms with van der Waals surface area (Å²) in [6.45, 7) is -0.190. The highest BCUT2D eigenvalue weighted by Crippen LogP contribution is 2.12. The Kier molecular flexibility index (Phi) is 25.7. The molecule has 0 unspecified atom stereocenters. The lowest BCUT2D eigenvalue weighted by molar-refractivity contribution is 0.217. The summed E-state index contributed by atoms with van der Waals surface area (Å²) in [6.07, 6.45) is 33.9. The number of aliphatic hydroxyl groups excluding tert-OH is 3. The highest BCUT2D eigenvalue weighted by atomic mass is 16.3. The zero-order valence-electron chi connectivity index (χ0n) is 21.3. The monoisotopic (exact) mass is 468 g/mol. The molecule has 0 saturated carbocycles. The topological polar surface area (TPSA) is 60.7 Å². The summed E-state index contributed by atoms with van der Waals surface area (Å²) in [7, 11) is 0. The Morgan fingerprint density at radius 1 is 0.618 bits per heavy atom. The van der Waals surface area contributed by atoms with E-state index in [-0.39, 0.29) is 6.61 Å². The lowest BCUT2D eigenvalue weighted by atomic mass is 10.1. The van der Waals surface area contributed by atoms with Crippen molar-refractivity contribution in [3.05, 3.63) is 24.3 Å². The van der Waals surface area contributed by atoms with E-state index in [1.807, 2.05) is 6.08 Å². The Labute approximate surface area is 210 Å². The summed E-state index contributed by atoms with van der Waals surface area (Å²) in [5.74, 6) is 12.5. The predicted molar refractivity (Wildman–Crippen MR) is 145 cm³/mol. The first kappa shape index (κ1) is 32.0. The van der Waals surface area contributed by atoms with Crippen molar-refractivity contribution in [3.63, 3.8) is 0 Å². The number of allylic oxidation sites excluding steroid dienone is 3. The SMILES string of the molecule is C#C[C@H](O)/C=C/CCCCCCCCCC/C=C\CCCCCCCC[C@@H](O)C#CC#CCO. The van der Waals surface area contributed by atoms with Crippen molar-refractivity contribution in [3.8, 4) is 36.0 Å². The molecule has 0 bridgehead atoms. The van der Waals surface area contributed by atoms with Crippen molar-refractivity contribution in [2.45, 2.75) is 128 Å². The van der Waals surface area contributed by atoms with Crippen molar-refractivity contribution in [2.24, 2.45) is 0 Å². The second-order valence-electron chi connectivity index (χ2n) is 8.86. The molecule has 0 spiro atoms. The lowest BCUT2D eigenvalue weighted by Crippen LogP contribution is -2.01. The Bertz CT molecular complexity index is 663. The van der Waals surface area contributed by atoms with Gasteiger partial charge in [0, 0.05) is 0 Å². The van der Waals surface area contributed by atoms with Crippen molar-refractivity contribution < 1.29 is 15.3 Å². The second-order valence-corrected chi connectivity index (χ2v) is 8.86. The number of hydrogen-bond acceptors (Lipinski definition) is 3. The molecular formula is C31H48O3. The van der Waals surface area contributed by atoms with Crippen LogP contribution in [0.2, 0.25) is 0 Å². The molecule has 0 heterocycles. The molecular weight excluding hydrogens is 420 g/mol.